The lowest BCUT2D eigenvalue weighted by Gasteiger charge is -2.23. The minimum absolute atomic E-state index is 0.473. The topological polar surface area (TPSA) is 38.1 Å². The van der Waals surface area contributed by atoms with Crippen molar-refractivity contribution in [2.75, 3.05) is 7.05 Å². The Morgan fingerprint density at radius 2 is 2.37 bits per heavy atom. The second kappa shape index (κ2) is 5.57. The molecule has 1 N–H and O–H groups in total. The summed E-state index contributed by atoms with van der Waals surface area (Å²) in [4.78, 5) is 4.59. The summed E-state index contributed by atoms with van der Waals surface area (Å²) < 4.78 is 5.42. The molecule has 0 amide bonds. The monoisotopic (exact) mass is 256 g/mol. The van der Waals surface area contributed by atoms with Crippen LogP contribution in [0.15, 0.2) is 41.1 Å². The van der Waals surface area contributed by atoms with Gasteiger partial charge in [0.1, 0.15) is 5.76 Å². The van der Waals surface area contributed by atoms with E-state index >= 15 is 0 Å². The molecule has 3 nitrogen and oxygen atoms in total. The minimum Gasteiger partial charge on any atom is -0.469 e. The van der Waals surface area contributed by atoms with Crippen molar-refractivity contribution in [3.8, 4) is 0 Å². The molecule has 0 aliphatic heterocycles. The van der Waals surface area contributed by atoms with E-state index in [0.717, 1.165) is 25.0 Å². The standard InChI is InChI=1S/C16H20N2O/c1-17-15(9-7-13-5-3-11-19-13)14-8-6-12-4-2-10-18-16(12)14/h2-5,10-11,14-15,17H,6-9H2,1H3. The van der Waals surface area contributed by atoms with Crippen LogP contribution < -0.4 is 5.32 Å². The predicted octanol–water partition coefficient (Wildman–Crippen LogP) is 2.93. The first-order valence-corrected chi connectivity index (χ1v) is 7.02. The maximum atomic E-state index is 5.42. The van der Waals surface area contributed by atoms with E-state index in [0.29, 0.717) is 12.0 Å². The Morgan fingerprint density at radius 3 is 3.16 bits per heavy atom. The lowest BCUT2D eigenvalue weighted by molar-refractivity contribution is 0.407. The predicted molar refractivity (Wildman–Crippen MR) is 75.2 cm³/mol. The van der Waals surface area contributed by atoms with Crippen LogP contribution in [0.25, 0.3) is 0 Å². The molecular weight excluding hydrogens is 236 g/mol. The fourth-order valence-corrected chi connectivity index (χ4v) is 3.13. The number of nitrogens with one attached hydrogen (secondary N) is 1. The molecule has 0 bridgehead atoms. The van der Waals surface area contributed by atoms with E-state index in [1.165, 1.54) is 17.7 Å². The zero-order valence-electron chi connectivity index (χ0n) is 11.3. The molecule has 3 rings (SSSR count). The van der Waals surface area contributed by atoms with Gasteiger partial charge in [0.25, 0.3) is 0 Å². The van der Waals surface area contributed by atoms with Crippen LogP contribution in [0.1, 0.15) is 35.8 Å². The largest absolute Gasteiger partial charge is 0.469 e. The van der Waals surface area contributed by atoms with Crippen LogP contribution in [-0.4, -0.2) is 18.1 Å². The zero-order valence-corrected chi connectivity index (χ0v) is 11.3. The highest BCUT2D eigenvalue weighted by atomic mass is 16.3. The number of hydrogen-bond acceptors (Lipinski definition) is 3. The summed E-state index contributed by atoms with van der Waals surface area (Å²) in [5.41, 5.74) is 2.71. The molecule has 0 radical (unpaired) electrons. The number of hydrogen-bond donors (Lipinski definition) is 1. The molecule has 100 valence electrons. The third-order valence-electron chi connectivity index (χ3n) is 4.14. The average molecular weight is 256 g/mol. The number of fused-ring (bicyclic) bond motifs is 1. The molecule has 0 saturated carbocycles. The summed E-state index contributed by atoms with van der Waals surface area (Å²) in [6.45, 7) is 0. The first kappa shape index (κ1) is 12.4. The molecule has 1 aliphatic rings. The molecule has 2 aromatic heterocycles. The van der Waals surface area contributed by atoms with Crippen molar-refractivity contribution in [3.63, 3.8) is 0 Å². The Kier molecular flexibility index (Phi) is 3.65. The van der Waals surface area contributed by atoms with Crippen LogP contribution in [-0.2, 0) is 12.8 Å². The highest BCUT2D eigenvalue weighted by Gasteiger charge is 2.29. The van der Waals surface area contributed by atoms with Crippen molar-refractivity contribution >= 4 is 0 Å². The molecule has 2 unspecified atom stereocenters. The molecule has 2 heterocycles. The first-order chi connectivity index (χ1) is 9.38. The van der Waals surface area contributed by atoms with Crippen molar-refractivity contribution in [2.45, 2.75) is 37.6 Å². The molecule has 0 saturated heterocycles. The van der Waals surface area contributed by atoms with Crippen molar-refractivity contribution in [2.24, 2.45) is 0 Å². The number of furan rings is 1. The van der Waals surface area contributed by atoms with E-state index in [9.17, 15) is 0 Å². The number of likely N-dealkylation sites (N-methyl/N-ethyl adjacent to an activating group) is 1. The summed E-state index contributed by atoms with van der Waals surface area (Å²) >= 11 is 0. The van der Waals surface area contributed by atoms with Gasteiger partial charge in [-0.05, 0) is 50.1 Å². The summed E-state index contributed by atoms with van der Waals surface area (Å²) in [5, 5.41) is 3.47. The van der Waals surface area contributed by atoms with Gasteiger partial charge in [0, 0.05) is 30.3 Å². The number of aryl methyl sites for hydroxylation is 2. The maximum absolute atomic E-state index is 5.42. The van der Waals surface area contributed by atoms with Crippen LogP contribution in [0.4, 0.5) is 0 Å². The fourth-order valence-electron chi connectivity index (χ4n) is 3.13. The second-order valence-electron chi connectivity index (χ2n) is 5.21. The quantitative estimate of drug-likeness (QED) is 0.894. The van der Waals surface area contributed by atoms with Gasteiger partial charge >= 0.3 is 0 Å². The highest BCUT2D eigenvalue weighted by molar-refractivity contribution is 5.30. The van der Waals surface area contributed by atoms with E-state index < -0.39 is 0 Å². The van der Waals surface area contributed by atoms with Crippen molar-refractivity contribution in [3.05, 3.63) is 53.7 Å². The summed E-state index contributed by atoms with van der Waals surface area (Å²) in [6, 6.07) is 8.73. The SMILES string of the molecule is CNC(CCc1ccco1)C1CCc2cccnc21. The van der Waals surface area contributed by atoms with Gasteiger partial charge in [0.15, 0.2) is 0 Å². The minimum atomic E-state index is 0.473. The Labute approximate surface area is 114 Å². The first-order valence-electron chi connectivity index (χ1n) is 7.02. The van der Waals surface area contributed by atoms with Gasteiger partial charge in [-0.2, -0.15) is 0 Å². The number of nitrogens with zero attached hydrogens (tertiary/aromatic N) is 1. The molecule has 2 atom stereocenters. The normalized spacial score (nSPS) is 19.3. The number of pyridine rings is 1. The van der Waals surface area contributed by atoms with Gasteiger partial charge in [-0.1, -0.05) is 6.07 Å². The van der Waals surface area contributed by atoms with Crippen LogP contribution in [0, 0.1) is 0 Å². The fraction of sp³-hybridized carbons (Fsp3) is 0.438. The van der Waals surface area contributed by atoms with Crippen LogP contribution >= 0.6 is 0 Å². The van der Waals surface area contributed by atoms with E-state index in [2.05, 4.69) is 16.4 Å². The molecular formula is C16H20N2O. The van der Waals surface area contributed by atoms with E-state index in [4.69, 9.17) is 4.42 Å². The van der Waals surface area contributed by atoms with Gasteiger partial charge in [-0.15, -0.1) is 0 Å². The number of rotatable bonds is 5. The summed E-state index contributed by atoms with van der Waals surface area (Å²) in [7, 11) is 2.05. The summed E-state index contributed by atoms with van der Waals surface area (Å²) in [5.74, 6) is 1.61. The average Bonchev–Trinajstić information content (AvgIpc) is 3.09. The van der Waals surface area contributed by atoms with E-state index in [-0.39, 0.29) is 0 Å². The van der Waals surface area contributed by atoms with Crippen molar-refractivity contribution in [1.29, 1.82) is 0 Å². The van der Waals surface area contributed by atoms with Crippen LogP contribution in [0.5, 0.6) is 0 Å². The van der Waals surface area contributed by atoms with Gasteiger partial charge in [-0.25, -0.2) is 0 Å². The van der Waals surface area contributed by atoms with Gasteiger partial charge in [0.05, 0.1) is 6.26 Å². The Morgan fingerprint density at radius 1 is 1.42 bits per heavy atom. The smallest absolute Gasteiger partial charge is 0.103 e. The lowest BCUT2D eigenvalue weighted by atomic mass is 9.93. The van der Waals surface area contributed by atoms with Gasteiger partial charge < -0.3 is 9.73 Å². The van der Waals surface area contributed by atoms with Gasteiger partial charge in [0.2, 0.25) is 0 Å². The molecule has 19 heavy (non-hydrogen) atoms. The molecule has 2 aromatic rings. The van der Waals surface area contributed by atoms with Crippen LogP contribution in [0.2, 0.25) is 0 Å². The molecule has 1 aliphatic carbocycles. The molecule has 0 fully saturated rings. The Bertz CT molecular complexity index is 521. The second-order valence-corrected chi connectivity index (χ2v) is 5.21. The van der Waals surface area contributed by atoms with Crippen molar-refractivity contribution < 1.29 is 4.42 Å². The third-order valence-corrected chi connectivity index (χ3v) is 4.14. The number of aromatic nitrogens is 1. The van der Waals surface area contributed by atoms with Crippen molar-refractivity contribution in [1.82, 2.24) is 10.3 Å². The third kappa shape index (κ3) is 2.56. The zero-order chi connectivity index (χ0) is 13.1. The highest BCUT2D eigenvalue weighted by Crippen LogP contribution is 2.35. The van der Waals surface area contributed by atoms with Crippen LogP contribution in [0.3, 0.4) is 0 Å². The lowest BCUT2D eigenvalue weighted by Crippen LogP contribution is -2.32. The van der Waals surface area contributed by atoms with E-state index in [1.54, 1.807) is 6.26 Å². The molecule has 0 spiro atoms. The van der Waals surface area contributed by atoms with E-state index in [1.807, 2.05) is 31.4 Å². The maximum Gasteiger partial charge on any atom is 0.103 e. The molecule has 0 aromatic carbocycles. The summed E-state index contributed by atoms with van der Waals surface area (Å²) in [6.07, 6.45) is 8.09. The van der Waals surface area contributed by atoms with Gasteiger partial charge in [-0.3, -0.25) is 4.98 Å². The Balaban J connectivity index is 1.69. The Hall–Kier alpha value is -1.61. The molecule has 3 heteroatoms.